The highest BCUT2D eigenvalue weighted by atomic mass is 19.4. The molecule has 0 aliphatic rings. The number of nitrogens with zero attached hydrogens (tertiary/aromatic N) is 3. The Morgan fingerprint density at radius 3 is 2.39 bits per heavy atom. The second-order valence-corrected chi connectivity index (χ2v) is 7.16. The molecule has 0 saturated carbocycles. The van der Waals surface area contributed by atoms with Crippen molar-refractivity contribution in [1.29, 1.82) is 0 Å². The number of nitrogens with one attached hydrogen (secondary N) is 2. The number of rotatable bonds is 7. The smallest absolute Gasteiger partial charge is 0.394 e. The van der Waals surface area contributed by atoms with Gasteiger partial charge in [-0.05, 0) is 30.2 Å². The Bertz CT molecular complexity index is 1030. The molecule has 31 heavy (non-hydrogen) atoms. The van der Waals surface area contributed by atoms with E-state index < -0.39 is 23.2 Å². The number of halogens is 4. The lowest BCUT2D eigenvalue weighted by Crippen LogP contribution is -2.30. The van der Waals surface area contributed by atoms with Gasteiger partial charge in [0.2, 0.25) is 5.95 Å². The van der Waals surface area contributed by atoms with Gasteiger partial charge in [0.25, 0.3) is 0 Å². The van der Waals surface area contributed by atoms with Crippen LogP contribution in [0.15, 0.2) is 48.8 Å². The average Bonchev–Trinajstić information content (AvgIpc) is 2.73. The predicted octanol–water partition coefficient (Wildman–Crippen LogP) is 4.87. The number of para-hydroxylation sites is 1. The minimum absolute atomic E-state index is 0.0259. The van der Waals surface area contributed by atoms with Crippen molar-refractivity contribution >= 4 is 17.5 Å². The molecule has 3 aromatic rings. The van der Waals surface area contributed by atoms with Crippen molar-refractivity contribution in [1.82, 2.24) is 15.0 Å². The molecule has 0 spiro atoms. The van der Waals surface area contributed by atoms with Gasteiger partial charge in [0, 0.05) is 24.0 Å². The van der Waals surface area contributed by atoms with Crippen LogP contribution in [0, 0.1) is 11.7 Å². The van der Waals surface area contributed by atoms with Gasteiger partial charge in [0.15, 0.2) is 0 Å². The van der Waals surface area contributed by atoms with Crippen LogP contribution in [0.1, 0.15) is 19.4 Å². The number of alkyl halides is 3. The highest BCUT2D eigenvalue weighted by Crippen LogP contribution is 2.37. The summed E-state index contributed by atoms with van der Waals surface area (Å²) in [6.45, 7) is 3.57. The monoisotopic (exact) mass is 435 g/mol. The first-order valence-electron chi connectivity index (χ1n) is 9.48. The van der Waals surface area contributed by atoms with E-state index >= 15 is 0 Å². The van der Waals surface area contributed by atoms with E-state index in [1.807, 2.05) is 13.8 Å². The molecular formula is C21H21F4N5O. The molecule has 10 heteroatoms. The highest BCUT2D eigenvalue weighted by Gasteiger charge is 2.35. The number of hydrogen-bond donors (Lipinski definition) is 3. The Balaban J connectivity index is 2.07. The first kappa shape index (κ1) is 22.4. The summed E-state index contributed by atoms with van der Waals surface area (Å²) in [7, 11) is 0. The van der Waals surface area contributed by atoms with Crippen LogP contribution < -0.4 is 10.6 Å². The van der Waals surface area contributed by atoms with E-state index in [-0.39, 0.29) is 30.3 Å². The molecule has 0 saturated heterocycles. The summed E-state index contributed by atoms with van der Waals surface area (Å²) in [6.07, 6.45) is -1.67. The van der Waals surface area contributed by atoms with E-state index in [2.05, 4.69) is 25.6 Å². The molecule has 0 aliphatic heterocycles. The molecule has 3 rings (SSSR count). The van der Waals surface area contributed by atoms with Crippen LogP contribution in [0.2, 0.25) is 0 Å². The van der Waals surface area contributed by atoms with E-state index in [9.17, 15) is 22.7 Å². The minimum Gasteiger partial charge on any atom is -0.394 e. The summed E-state index contributed by atoms with van der Waals surface area (Å²) in [5.41, 5.74) is -0.865. The van der Waals surface area contributed by atoms with Crippen molar-refractivity contribution in [2.45, 2.75) is 26.1 Å². The molecule has 164 valence electrons. The molecule has 2 heterocycles. The lowest BCUT2D eigenvalue weighted by atomic mass is 10.1. The average molecular weight is 435 g/mol. The summed E-state index contributed by atoms with van der Waals surface area (Å²) in [5, 5.41) is 15.0. The third-order valence-electron chi connectivity index (χ3n) is 4.59. The first-order valence-corrected chi connectivity index (χ1v) is 9.48. The van der Waals surface area contributed by atoms with Crippen molar-refractivity contribution in [2.24, 2.45) is 5.92 Å². The van der Waals surface area contributed by atoms with Crippen LogP contribution in [0.5, 0.6) is 0 Å². The third kappa shape index (κ3) is 5.46. The number of aliphatic hydroxyl groups excluding tert-OH is 1. The van der Waals surface area contributed by atoms with E-state index in [1.165, 1.54) is 6.07 Å². The first-order chi connectivity index (χ1) is 14.7. The van der Waals surface area contributed by atoms with Crippen LogP contribution in [0.25, 0.3) is 11.3 Å². The fourth-order valence-electron chi connectivity index (χ4n) is 2.85. The maximum Gasteiger partial charge on any atom is 0.418 e. The van der Waals surface area contributed by atoms with Gasteiger partial charge < -0.3 is 15.7 Å². The van der Waals surface area contributed by atoms with Crippen LogP contribution in [-0.2, 0) is 6.18 Å². The standard InChI is InChI=1S/C21H21F4N5O/c1-12(2)17(11-31)28-20-27-16(13-6-8-26-9-7-13)10-18(30-20)29-19-14(21(23,24)25)4-3-5-15(19)22/h3-10,12,17,31H,11H2,1-2H3,(H2,27,28,29,30)/t17-/m1/s1. The number of aliphatic hydroxyl groups is 1. The minimum atomic E-state index is -4.76. The summed E-state index contributed by atoms with van der Waals surface area (Å²) < 4.78 is 54.4. The van der Waals surface area contributed by atoms with E-state index in [0.29, 0.717) is 11.3 Å². The molecule has 3 N–H and O–H groups in total. The normalized spacial score (nSPS) is 12.6. The zero-order valence-corrected chi connectivity index (χ0v) is 16.8. The van der Waals surface area contributed by atoms with Crippen LogP contribution in [0.4, 0.5) is 35.0 Å². The van der Waals surface area contributed by atoms with Gasteiger partial charge in [-0.3, -0.25) is 4.98 Å². The summed E-state index contributed by atoms with van der Waals surface area (Å²) in [5.74, 6) is -1.00. The molecule has 0 unspecified atom stereocenters. The fraction of sp³-hybridized carbons (Fsp3) is 0.286. The summed E-state index contributed by atoms with van der Waals surface area (Å²) in [6, 6.07) is 7.08. The molecule has 0 aliphatic carbocycles. The molecule has 0 amide bonds. The topological polar surface area (TPSA) is 83.0 Å². The SMILES string of the molecule is CC(C)[C@@H](CO)Nc1nc(Nc2c(F)cccc2C(F)(F)F)cc(-c2ccncc2)n1. The predicted molar refractivity (Wildman–Crippen MR) is 109 cm³/mol. The van der Waals surface area contributed by atoms with Gasteiger partial charge in [-0.15, -0.1) is 0 Å². The number of pyridine rings is 1. The van der Waals surface area contributed by atoms with Gasteiger partial charge in [0.1, 0.15) is 11.6 Å². The second kappa shape index (κ2) is 9.25. The number of aromatic nitrogens is 3. The second-order valence-electron chi connectivity index (χ2n) is 7.16. The molecule has 6 nitrogen and oxygen atoms in total. The summed E-state index contributed by atoms with van der Waals surface area (Å²) >= 11 is 0. The van der Waals surface area contributed by atoms with Crippen LogP contribution in [-0.4, -0.2) is 32.7 Å². The van der Waals surface area contributed by atoms with Crippen LogP contribution in [0.3, 0.4) is 0 Å². The Morgan fingerprint density at radius 1 is 1.06 bits per heavy atom. The van der Waals surface area contributed by atoms with Crippen molar-refractivity contribution in [3.8, 4) is 11.3 Å². The highest BCUT2D eigenvalue weighted by molar-refractivity contribution is 5.69. The van der Waals surface area contributed by atoms with Crippen molar-refractivity contribution in [3.63, 3.8) is 0 Å². The van der Waals surface area contributed by atoms with Crippen LogP contribution >= 0.6 is 0 Å². The zero-order chi connectivity index (χ0) is 22.6. The van der Waals surface area contributed by atoms with E-state index in [4.69, 9.17) is 0 Å². The molecule has 0 fully saturated rings. The van der Waals surface area contributed by atoms with E-state index in [0.717, 1.165) is 18.2 Å². The van der Waals surface area contributed by atoms with Crippen molar-refractivity contribution in [2.75, 3.05) is 17.2 Å². The fourth-order valence-corrected chi connectivity index (χ4v) is 2.85. The number of anilines is 3. The van der Waals surface area contributed by atoms with Gasteiger partial charge in [0.05, 0.1) is 29.6 Å². The Kier molecular flexibility index (Phi) is 6.69. The molecule has 0 bridgehead atoms. The van der Waals surface area contributed by atoms with E-state index in [1.54, 1.807) is 24.5 Å². The molecule has 1 atom stereocenters. The van der Waals surface area contributed by atoms with Gasteiger partial charge in [-0.25, -0.2) is 9.37 Å². The zero-order valence-electron chi connectivity index (χ0n) is 16.8. The largest absolute Gasteiger partial charge is 0.418 e. The maximum atomic E-state index is 14.3. The third-order valence-corrected chi connectivity index (χ3v) is 4.59. The number of benzene rings is 1. The van der Waals surface area contributed by atoms with Gasteiger partial charge in [-0.1, -0.05) is 19.9 Å². The molecular weight excluding hydrogens is 414 g/mol. The van der Waals surface area contributed by atoms with Gasteiger partial charge >= 0.3 is 6.18 Å². The molecule has 2 aromatic heterocycles. The maximum absolute atomic E-state index is 14.3. The van der Waals surface area contributed by atoms with Gasteiger partial charge in [-0.2, -0.15) is 18.2 Å². The van der Waals surface area contributed by atoms with Crippen molar-refractivity contribution < 1.29 is 22.7 Å². The quantitative estimate of drug-likeness (QED) is 0.460. The lowest BCUT2D eigenvalue weighted by Gasteiger charge is -2.21. The Labute approximate surface area is 176 Å². The molecule has 0 radical (unpaired) electrons. The Morgan fingerprint density at radius 2 is 1.77 bits per heavy atom. The lowest BCUT2D eigenvalue weighted by molar-refractivity contribution is -0.137. The Hall–Kier alpha value is -3.27. The molecule has 1 aromatic carbocycles. The summed E-state index contributed by atoms with van der Waals surface area (Å²) in [4.78, 5) is 12.5. The van der Waals surface area contributed by atoms with Crippen molar-refractivity contribution in [3.05, 3.63) is 60.2 Å². The number of hydrogen-bond acceptors (Lipinski definition) is 6.